The summed E-state index contributed by atoms with van der Waals surface area (Å²) in [4.78, 5) is 21.9. The highest BCUT2D eigenvalue weighted by atomic mass is 79.9. The molecule has 0 unspecified atom stereocenters. The molecule has 0 aliphatic rings. The molecule has 0 radical (unpaired) electrons. The van der Waals surface area contributed by atoms with Gasteiger partial charge in [-0.1, -0.05) is 15.9 Å². The first kappa shape index (κ1) is 19.9. The average molecular weight is 487 g/mol. The summed E-state index contributed by atoms with van der Waals surface area (Å²) in [6.07, 6.45) is 2.11. The Labute approximate surface area is 166 Å². The summed E-state index contributed by atoms with van der Waals surface area (Å²) in [5, 5.41) is 10.4. The van der Waals surface area contributed by atoms with Gasteiger partial charge in [0, 0.05) is 10.5 Å². The second-order valence-corrected chi connectivity index (χ2v) is 6.62. The van der Waals surface area contributed by atoms with E-state index in [0.717, 1.165) is 10.7 Å². The van der Waals surface area contributed by atoms with Crippen molar-refractivity contribution < 1.29 is 23.9 Å². The Hall–Kier alpha value is -2.39. The van der Waals surface area contributed by atoms with Gasteiger partial charge in [0.05, 0.1) is 16.5 Å². The van der Waals surface area contributed by atoms with Crippen LogP contribution in [0.3, 0.4) is 0 Å². The third-order valence-corrected chi connectivity index (χ3v) is 4.14. The number of nitro groups is 1. The van der Waals surface area contributed by atoms with Crippen molar-refractivity contribution in [2.24, 2.45) is 0 Å². The number of carbonyl (C=O) groups is 1. The van der Waals surface area contributed by atoms with Crippen molar-refractivity contribution >= 4 is 43.9 Å². The Balaban J connectivity index is 2.08. The quantitative estimate of drug-likeness (QED) is 0.248. The van der Waals surface area contributed by atoms with Crippen molar-refractivity contribution in [1.29, 1.82) is 0 Å². The predicted octanol–water partition coefficient (Wildman–Crippen LogP) is 4.45. The maximum atomic E-state index is 12.0. The van der Waals surface area contributed by atoms with E-state index in [9.17, 15) is 14.9 Å². The molecule has 0 saturated heterocycles. The molecule has 9 heteroatoms. The summed E-state index contributed by atoms with van der Waals surface area (Å²) in [5.74, 6) is 0.312. The van der Waals surface area contributed by atoms with E-state index in [1.165, 1.54) is 19.3 Å². The molecule has 0 heterocycles. The van der Waals surface area contributed by atoms with Gasteiger partial charge in [0.2, 0.25) is 6.20 Å². The first-order valence-corrected chi connectivity index (χ1v) is 8.76. The van der Waals surface area contributed by atoms with E-state index >= 15 is 0 Å². The number of hydrogen-bond acceptors (Lipinski definition) is 6. The molecule has 0 amide bonds. The number of esters is 1. The highest BCUT2D eigenvalue weighted by molar-refractivity contribution is 9.10. The van der Waals surface area contributed by atoms with Crippen molar-refractivity contribution in [3.63, 3.8) is 0 Å². The van der Waals surface area contributed by atoms with Crippen molar-refractivity contribution in [3.8, 4) is 17.2 Å². The lowest BCUT2D eigenvalue weighted by Gasteiger charge is -2.12. The molecule has 2 aromatic rings. The number of ether oxygens (including phenoxy) is 3. The fourth-order valence-corrected chi connectivity index (χ4v) is 2.70. The van der Waals surface area contributed by atoms with Crippen LogP contribution >= 0.6 is 31.9 Å². The summed E-state index contributed by atoms with van der Waals surface area (Å²) in [6.45, 7) is -0.291. The maximum Gasteiger partial charge on any atom is 0.349 e. The van der Waals surface area contributed by atoms with Crippen LogP contribution in [-0.4, -0.2) is 24.6 Å². The topological polar surface area (TPSA) is 87.9 Å². The van der Waals surface area contributed by atoms with Gasteiger partial charge in [0.15, 0.2) is 18.1 Å². The second kappa shape index (κ2) is 9.35. The van der Waals surface area contributed by atoms with E-state index in [2.05, 4.69) is 31.9 Å². The smallest absolute Gasteiger partial charge is 0.349 e. The van der Waals surface area contributed by atoms with E-state index < -0.39 is 10.9 Å². The van der Waals surface area contributed by atoms with Crippen LogP contribution in [0.15, 0.2) is 51.5 Å². The van der Waals surface area contributed by atoms with E-state index in [1.807, 2.05) is 0 Å². The molecule has 0 bridgehead atoms. The summed E-state index contributed by atoms with van der Waals surface area (Å²) >= 11 is 6.58. The van der Waals surface area contributed by atoms with Gasteiger partial charge in [0.25, 0.3) is 0 Å². The summed E-state index contributed by atoms with van der Waals surface area (Å²) in [6, 6.07) is 10.1. The molecule has 0 aliphatic heterocycles. The highest BCUT2D eigenvalue weighted by Crippen LogP contribution is 2.37. The Kier molecular flexibility index (Phi) is 7.16. The van der Waals surface area contributed by atoms with Crippen LogP contribution in [-0.2, 0) is 4.79 Å². The van der Waals surface area contributed by atoms with Gasteiger partial charge in [-0.15, -0.1) is 0 Å². The molecule has 0 atom stereocenters. The molecule has 7 nitrogen and oxygen atoms in total. The largest absolute Gasteiger partial charge is 0.493 e. The van der Waals surface area contributed by atoms with Crippen molar-refractivity contribution in [3.05, 3.63) is 67.2 Å². The molecule has 136 valence electrons. The lowest BCUT2D eigenvalue weighted by atomic mass is 10.2. The number of nitrogens with zero attached hydrogens (tertiary/aromatic N) is 1. The third-order valence-electron chi connectivity index (χ3n) is 3.03. The normalized spacial score (nSPS) is 10.6. The third kappa shape index (κ3) is 5.85. The zero-order chi connectivity index (χ0) is 19.1. The highest BCUT2D eigenvalue weighted by Gasteiger charge is 2.16. The van der Waals surface area contributed by atoms with Crippen LogP contribution in [0.1, 0.15) is 5.56 Å². The van der Waals surface area contributed by atoms with Gasteiger partial charge >= 0.3 is 5.97 Å². The lowest BCUT2D eigenvalue weighted by molar-refractivity contribution is -0.400. The zero-order valence-electron chi connectivity index (χ0n) is 13.5. The summed E-state index contributed by atoms with van der Waals surface area (Å²) in [5.41, 5.74) is 0.510. The molecule has 0 N–H and O–H groups in total. The van der Waals surface area contributed by atoms with Crippen molar-refractivity contribution in [1.82, 2.24) is 0 Å². The van der Waals surface area contributed by atoms with E-state index in [1.54, 1.807) is 30.3 Å². The minimum Gasteiger partial charge on any atom is -0.493 e. The van der Waals surface area contributed by atoms with E-state index in [4.69, 9.17) is 14.2 Å². The van der Waals surface area contributed by atoms with Crippen LogP contribution in [0.4, 0.5) is 0 Å². The number of carbonyl (C=O) groups excluding carboxylic acids is 1. The fourth-order valence-electron chi connectivity index (χ4n) is 1.90. The number of benzene rings is 2. The molecule has 0 aromatic heterocycles. The van der Waals surface area contributed by atoms with Crippen LogP contribution in [0, 0.1) is 10.1 Å². The van der Waals surface area contributed by atoms with Crippen molar-refractivity contribution in [2.45, 2.75) is 0 Å². The molecular weight excluding hydrogens is 474 g/mol. The molecule has 26 heavy (non-hydrogen) atoms. The molecular formula is C17H13Br2NO6. The molecule has 0 spiro atoms. The Morgan fingerprint density at radius 3 is 2.54 bits per heavy atom. The van der Waals surface area contributed by atoms with Crippen LogP contribution in [0.2, 0.25) is 0 Å². The average Bonchev–Trinajstić information content (AvgIpc) is 2.61. The van der Waals surface area contributed by atoms with Crippen molar-refractivity contribution in [2.75, 3.05) is 13.7 Å². The number of rotatable bonds is 7. The summed E-state index contributed by atoms with van der Waals surface area (Å²) in [7, 11) is 1.40. The molecule has 2 aromatic carbocycles. The Morgan fingerprint density at radius 1 is 1.23 bits per heavy atom. The molecule has 2 rings (SSSR count). The SMILES string of the molecule is COc1cc(/C=C/[N+](=O)[O-])cc(Br)c1OC(=O)COc1ccc(Br)cc1. The molecule has 0 aliphatic carbocycles. The van der Waals surface area contributed by atoms with E-state index in [-0.39, 0.29) is 18.1 Å². The van der Waals surface area contributed by atoms with Gasteiger partial charge in [0.1, 0.15) is 5.75 Å². The molecule has 0 saturated carbocycles. The second-order valence-electron chi connectivity index (χ2n) is 4.85. The van der Waals surface area contributed by atoms with Gasteiger partial charge in [-0.25, -0.2) is 4.79 Å². The van der Waals surface area contributed by atoms with Crippen LogP contribution < -0.4 is 14.2 Å². The number of halogens is 2. The zero-order valence-corrected chi connectivity index (χ0v) is 16.7. The summed E-state index contributed by atoms with van der Waals surface area (Å²) < 4.78 is 17.2. The van der Waals surface area contributed by atoms with E-state index in [0.29, 0.717) is 15.8 Å². The fraction of sp³-hybridized carbons (Fsp3) is 0.118. The van der Waals surface area contributed by atoms with Crippen LogP contribution in [0.5, 0.6) is 17.2 Å². The predicted molar refractivity (Wildman–Crippen MR) is 102 cm³/mol. The monoisotopic (exact) mass is 485 g/mol. The van der Waals surface area contributed by atoms with Gasteiger partial charge < -0.3 is 14.2 Å². The molecule has 0 fully saturated rings. The Morgan fingerprint density at radius 2 is 1.92 bits per heavy atom. The Bertz CT molecular complexity index is 836. The number of methoxy groups -OCH3 is 1. The number of hydrogen-bond donors (Lipinski definition) is 0. The minimum absolute atomic E-state index is 0.162. The first-order chi connectivity index (χ1) is 12.4. The van der Waals surface area contributed by atoms with Crippen LogP contribution in [0.25, 0.3) is 6.08 Å². The van der Waals surface area contributed by atoms with Gasteiger partial charge in [-0.2, -0.15) is 0 Å². The lowest BCUT2D eigenvalue weighted by Crippen LogP contribution is -2.18. The van der Waals surface area contributed by atoms with Gasteiger partial charge in [-0.05, 0) is 57.9 Å². The first-order valence-electron chi connectivity index (χ1n) is 7.17. The van der Waals surface area contributed by atoms with Gasteiger partial charge in [-0.3, -0.25) is 10.1 Å². The minimum atomic E-state index is -0.625. The standard InChI is InChI=1S/C17H13Br2NO6/c1-24-15-9-11(6-7-20(22)23)8-14(19)17(15)26-16(21)10-25-13-4-2-12(18)3-5-13/h2-9H,10H2,1H3/b7-6+. The maximum absolute atomic E-state index is 12.0.